The van der Waals surface area contributed by atoms with Gasteiger partial charge in [-0.05, 0) is 165 Å². The van der Waals surface area contributed by atoms with Crippen molar-refractivity contribution in [3.63, 3.8) is 0 Å². The second-order valence-electron chi connectivity index (χ2n) is 23.5. The summed E-state index contributed by atoms with van der Waals surface area (Å²) >= 11 is 0. The molecule has 0 radical (unpaired) electrons. The summed E-state index contributed by atoms with van der Waals surface area (Å²) in [6.07, 6.45) is 0. The molecule has 0 unspecified atom stereocenters. The first-order valence-corrected chi connectivity index (χ1v) is 30.3. The number of ether oxygens (including phenoxy) is 2. The first kappa shape index (κ1) is 49.0. The zero-order valence-electron chi connectivity index (χ0n) is 47.7. The Balaban J connectivity index is 0.907. The van der Waals surface area contributed by atoms with Crippen LogP contribution in [0.2, 0.25) is 0 Å². The van der Waals surface area contributed by atoms with Crippen molar-refractivity contribution in [1.82, 2.24) is 0 Å². The fraction of sp³-hybridized carbons (Fsp3) is 0. The van der Waals surface area contributed by atoms with Crippen molar-refractivity contribution in [2.75, 3.05) is 24.5 Å². The summed E-state index contributed by atoms with van der Waals surface area (Å²) < 4.78 is 15.0. The Morgan fingerprint density at radius 3 is 1.18 bits per heavy atom. The zero-order chi connectivity index (χ0) is 57.6. The van der Waals surface area contributed by atoms with Crippen LogP contribution >= 0.6 is 0 Å². The summed E-state index contributed by atoms with van der Waals surface area (Å²) in [4.78, 5) is 12.3. The van der Waals surface area contributed by atoms with E-state index in [4.69, 9.17) is 9.47 Å². The quantitative estimate of drug-likeness (QED) is 0.147. The average molecular weight is 1120 g/mol. The van der Waals surface area contributed by atoms with E-state index >= 15 is 0 Å². The fourth-order valence-electron chi connectivity index (χ4n) is 15.4. The van der Waals surface area contributed by atoms with Crippen LogP contribution in [-0.2, 0) is 0 Å². The van der Waals surface area contributed by atoms with E-state index in [1.807, 2.05) is 0 Å². The first-order valence-electron chi connectivity index (χ1n) is 30.3. The maximum atomic E-state index is 7.62. The highest BCUT2D eigenvalue weighted by Gasteiger charge is 2.52. The van der Waals surface area contributed by atoms with Gasteiger partial charge in [0.15, 0.2) is 0 Å². The van der Waals surface area contributed by atoms with Gasteiger partial charge in [-0.1, -0.05) is 176 Å². The van der Waals surface area contributed by atoms with Gasteiger partial charge in [0.2, 0.25) is 0 Å². The normalized spacial score (nSPS) is 13.7. The molecule has 6 aliphatic rings. The molecule has 408 valence electrons. The molecule has 13 aromatic carbocycles. The van der Waals surface area contributed by atoms with Crippen molar-refractivity contribution in [2.24, 2.45) is 0 Å². The third-order valence-corrected chi connectivity index (χ3v) is 18.8. The zero-order valence-corrected chi connectivity index (χ0v) is 47.7. The molecule has 0 N–H and O–H groups in total. The Morgan fingerprint density at radius 1 is 0.227 bits per heavy atom. The summed E-state index contributed by atoms with van der Waals surface area (Å²) in [7, 11) is 0. The molecule has 88 heavy (non-hydrogen) atoms. The molecule has 7 nitrogen and oxygen atoms in total. The van der Waals surface area contributed by atoms with Crippen LogP contribution in [0.1, 0.15) is 0 Å². The van der Waals surface area contributed by atoms with Crippen molar-refractivity contribution in [1.29, 1.82) is 0 Å². The van der Waals surface area contributed by atoms with Gasteiger partial charge in [-0.3, -0.25) is 0 Å². The number of fused-ring (bicyclic) bond motifs is 13. The number of rotatable bonds is 7. The van der Waals surface area contributed by atoms with E-state index < -0.39 is 0 Å². The Hall–Kier alpha value is -11.3. The molecule has 0 saturated carbocycles. The summed E-state index contributed by atoms with van der Waals surface area (Å²) in [5, 5.41) is 0. The van der Waals surface area contributed by atoms with Crippen LogP contribution in [0.15, 0.2) is 303 Å². The Labute approximate surface area is 512 Å². The molecular formula is C78H50B3N5O2. The number of nitrogens with zero attached hydrogens (tertiary/aromatic N) is 5. The van der Waals surface area contributed by atoms with Crippen molar-refractivity contribution in [3.8, 4) is 23.0 Å². The maximum absolute atomic E-state index is 7.62. The lowest BCUT2D eigenvalue weighted by Crippen LogP contribution is -2.66. The maximum Gasteiger partial charge on any atom is 0.261 e. The van der Waals surface area contributed by atoms with E-state index in [1.165, 1.54) is 27.3 Å². The molecular weight excluding hydrogens is 1070 g/mol. The van der Waals surface area contributed by atoms with E-state index in [0.717, 1.165) is 130 Å². The van der Waals surface area contributed by atoms with Gasteiger partial charge in [0.05, 0.1) is 5.69 Å². The monoisotopic (exact) mass is 1120 g/mol. The van der Waals surface area contributed by atoms with Crippen LogP contribution < -0.4 is 83.1 Å². The molecule has 0 bridgehead atoms. The highest BCUT2D eigenvalue weighted by Crippen LogP contribution is 2.52. The number of hydrogen-bond acceptors (Lipinski definition) is 7. The molecule has 0 amide bonds. The van der Waals surface area contributed by atoms with Crippen LogP contribution in [0.3, 0.4) is 0 Å². The largest absolute Gasteiger partial charge is 0.459 e. The summed E-state index contributed by atoms with van der Waals surface area (Å²) in [5.41, 5.74) is 26.9. The van der Waals surface area contributed by atoms with E-state index in [1.54, 1.807) is 0 Å². The molecule has 19 rings (SSSR count). The molecule has 13 aromatic rings. The van der Waals surface area contributed by atoms with Crippen LogP contribution in [0.4, 0.5) is 85.3 Å². The Kier molecular flexibility index (Phi) is 10.6. The van der Waals surface area contributed by atoms with Gasteiger partial charge >= 0.3 is 0 Å². The number of benzene rings is 13. The summed E-state index contributed by atoms with van der Waals surface area (Å²) in [6, 6.07) is 111. The van der Waals surface area contributed by atoms with Crippen LogP contribution in [0.25, 0.3) is 0 Å². The third-order valence-electron chi connectivity index (χ3n) is 18.8. The smallest absolute Gasteiger partial charge is 0.261 e. The molecule has 0 atom stereocenters. The van der Waals surface area contributed by atoms with Crippen molar-refractivity contribution < 1.29 is 9.47 Å². The fourth-order valence-corrected chi connectivity index (χ4v) is 15.4. The average Bonchev–Trinajstić information content (AvgIpc) is 0.709. The van der Waals surface area contributed by atoms with E-state index in [2.05, 4.69) is 328 Å². The van der Waals surface area contributed by atoms with Gasteiger partial charge in [-0.2, -0.15) is 0 Å². The summed E-state index contributed by atoms with van der Waals surface area (Å²) in [6.45, 7) is -0.593. The van der Waals surface area contributed by atoms with Gasteiger partial charge in [-0.25, -0.2) is 0 Å². The Bertz CT molecular complexity index is 4950. The predicted octanol–water partition coefficient (Wildman–Crippen LogP) is 14.0. The van der Waals surface area contributed by atoms with Gasteiger partial charge in [0.1, 0.15) is 23.0 Å². The Morgan fingerprint density at radius 2 is 0.636 bits per heavy atom. The standard InChI is InChI=1S/C78H50B3N5O2/c1-7-26-51(27-8-1)82(52-28-9-2-10-29-52)57-46-68-74-69(47-57)85(55-34-15-5-16-35-55)66-49-67-62(48-61(66)79(74)58-38-19-22-41-63(58)84(68)54-32-13-4-14-33-54)80-60-40-21-24-44-71(60)88-78-76(80)70(86(67)56-36-17-6-18-37-56)50-73-77(78)81-59-39-20-23-42-64(59)83(53-30-11-3-12-31-53)65-43-25-45-72(87-73)75(65)81/h1-50H. The van der Waals surface area contributed by atoms with Crippen molar-refractivity contribution >= 4 is 155 Å². The molecule has 0 saturated heterocycles. The van der Waals surface area contributed by atoms with Crippen molar-refractivity contribution in [2.45, 2.75) is 0 Å². The molecule has 0 fully saturated rings. The highest BCUT2D eigenvalue weighted by molar-refractivity contribution is 7.04. The SMILES string of the molecule is c1ccc(N(c2ccccc2)c2cc3c4c(c2)N(c2ccccc2)c2cc5c(cc2B4c2ccccc2N3c2ccccc2)B2c3ccccc3Oc3c4c(cc(c32)N5c2ccccc2)Oc2cccc3c2B4c2ccccc2N3c2ccccc2)cc1. The van der Waals surface area contributed by atoms with E-state index in [0.29, 0.717) is 0 Å². The molecule has 10 heteroatoms. The van der Waals surface area contributed by atoms with Gasteiger partial charge in [0, 0.05) is 91.2 Å². The predicted molar refractivity (Wildman–Crippen MR) is 367 cm³/mol. The molecule has 6 heterocycles. The van der Waals surface area contributed by atoms with E-state index in [-0.39, 0.29) is 20.1 Å². The number of hydrogen-bond donors (Lipinski definition) is 0. The van der Waals surface area contributed by atoms with Gasteiger partial charge < -0.3 is 34.0 Å². The molecule has 0 spiro atoms. The third kappa shape index (κ3) is 7.05. The molecule has 6 aliphatic heterocycles. The number of para-hydroxylation sites is 9. The lowest BCUT2D eigenvalue weighted by Gasteiger charge is -2.47. The second-order valence-corrected chi connectivity index (χ2v) is 23.5. The lowest BCUT2D eigenvalue weighted by molar-refractivity contribution is 0.469. The highest BCUT2D eigenvalue weighted by atomic mass is 16.5. The minimum Gasteiger partial charge on any atom is -0.459 e. The minimum absolute atomic E-state index is 0.170. The topological polar surface area (TPSA) is 34.7 Å². The van der Waals surface area contributed by atoms with Crippen LogP contribution in [0, 0.1) is 0 Å². The van der Waals surface area contributed by atoms with Gasteiger partial charge in [-0.15, -0.1) is 0 Å². The minimum atomic E-state index is -0.227. The van der Waals surface area contributed by atoms with Crippen LogP contribution in [-0.4, -0.2) is 20.1 Å². The van der Waals surface area contributed by atoms with Gasteiger partial charge in [0.25, 0.3) is 20.1 Å². The molecule has 0 aliphatic carbocycles. The first-order chi connectivity index (χ1) is 43.7. The molecule has 0 aromatic heterocycles. The van der Waals surface area contributed by atoms with Crippen molar-refractivity contribution in [3.05, 3.63) is 303 Å². The second kappa shape index (κ2) is 19.1. The lowest BCUT2D eigenvalue weighted by atomic mass is 9.29. The van der Waals surface area contributed by atoms with E-state index in [9.17, 15) is 0 Å². The summed E-state index contributed by atoms with van der Waals surface area (Å²) in [5.74, 6) is 3.33. The number of anilines is 15. The van der Waals surface area contributed by atoms with Crippen LogP contribution in [0.5, 0.6) is 23.0 Å².